The van der Waals surface area contributed by atoms with Gasteiger partial charge in [-0.25, -0.2) is 4.39 Å². The molecule has 2 nitrogen and oxygen atoms in total. The molecule has 0 fully saturated rings. The van der Waals surface area contributed by atoms with Gasteiger partial charge in [0.05, 0.1) is 6.04 Å². The van der Waals surface area contributed by atoms with E-state index in [2.05, 4.69) is 45.0 Å². The van der Waals surface area contributed by atoms with Crippen LogP contribution in [0.4, 0.5) is 4.39 Å². The highest BCUT2D eigenvalue weighted by Crippen LogP contribution is 2.31. The number of rotatable bonds is 3. The van der Waals surface area contributed by atoms with Crippen molar-refractivity contribution in [3.05, 3.63) is 75.4 Å². The number of nitrogens with zero attached hydrogens (tertiary/aromatic N) is 1. The van der Waals surface area contributed by atoms with Crippen LogP contribution in [0, 0.1) is 9.39 Å². The Kier molecular flexibility index (Phi) is 4.17. The third kappa shape index (κ3) is 2.78. The Morgan fingerprint density at radius 2 is 2.00 bits per heavy atom. The molecule has 3 aromatic rings. The van der Waals surface area contributed by atoms with Gasteiger partial charge in [-0.05, 0) is 64.4 Å². The fraction of sp³-hybridized carbons (Fsp3) is 0.118. The largest absolute Gasteiger partial charge is 0.309 e. The summed E-state index contributed by atoms with van der Waals surface area (Å²) in [6.45, 7) is 0. The topological polar surface area (TPSA) is 24.9 Å². The van der Waals surface area contributed by atoms with Crippen LogP contribution in [-0.4, -0.2) is 12.0 Å². The van der Waals surface area contributed by atoms with E-state index in [0.717, 1.165) is 25.5 Å². The highest BCUT2D eigenvalue weighted by atomic mass is 127. The van der Waals surface area contributed by atoms with Gasteiger partial charge in [-0.1, -0.05) is 24.3 Å². The molecule has 106 valence electrons. The first-order valence-corrected chi connectivity index (χ1v) is 7.73. The second-order valence-corrected chi connectivity index (χ2v) is 5.99. The molecule has 0 radical (unpaired) electrons. The maximum atomic E-state index is 13.3. The Morgan fingerprint density at radius 3 is 2.76 bits per heavy atom. The van der Waals surface area contributed by atoms with Gasteiger partial charge in [0.25, 0.3) is 0 Å². The lowest BCUT2D eigenvalue weighted by Gasteiger charge is -2.20. The molecule has 0 spiro atoms. The number of aromatic nitrogens is 1. The van der Waals surface area contributed by atoms with Crippen molar-refractivity contribution in [3.63, 3.8) is 0 Å². The number of nitrogens with one attached hydrogen (secondary N) is 1. The molecule has 1 heterocycles. The molecule has 0 aliphatic heterocycles. The quantitative estimate of drug-likeness (QED) is 0.673. The number of hydrogen-bond acceptors (Lipinski definition) is 2. The third-order valence-corrected chi connectivity index (χ3v) is 4.52. The molecule has 4 heteroatoms. The van der Waals surface area contributed by atoms with Crippen molar-refractivity contribution >= 4 is 33.4 Å². The third-order valence-electron chi connectivity index (χ3n) is 3.59. The molecule has 0 amide bonds. The van der Waals surface area contributed by atoms with E-state index in [1.54, 1.807) is 12.3 Å². The van der Waals surface area contributed by atoms with E-state index in [9.17, 15) is 4.39 Å². The van der Waals surface area contributed by atoms with Gasteiger partial charge in [-0.2, -0.15) is 0 Å². The molecule has 0 saturated carbocycles. The van der Waals surface area contributed by atoms with E-state index < -0.39 is 0 Å². The molecule has 3 rings (SSSR count). The van der Waals surface area contributed by atoms with Crippen LogP contribution >= 0.6 is 22.6 Å². The SMILES string of the molecule is CNC(c1ccc(F)cc1I)c1cccc2ccncc12. The Balaban J connectivity index is 2.18. The lowest BCUT2D eigenvalue weighted by atomic mass is 9.95. The zero-order valence-corrected chi connectivity index (χ0v) is 13.6. The lowest BCUT2D eigenvalue weighted by molar-refractivity contribution is 0.622. The van der Waals surface area contributed by atoms with Crippen LogP contribution in [0.15, 0.2) is 54.9 Å². The van der Waals surface area contributed by atoms with Crippen LogP contribution in [0.2, 0.25) is 0 Å². The van der Waals surface area contributed by atoms with E-state index >= 15 is 0 Å². The molecule has 0 aliphatic carbocycles. The minimum Gasteiger partial charge on any atom is -0.309 e. The summed E-state index contributed by atoms with van der Waals surface area (Å²) in [4.78, 5) is 4.23. The van der Waals surface area contributed by atoms with Gasteiger partial charge in [-0.15, -0.1) is 0 Å². The highest BCUT2D eigenvalue weighted by molar-refractivity contribution is 14.1. The molecular formula is C17H14FIN2. The van der Waals surface area contributed by atoms with Gasteiger partial charge >= 0.3 is 0 Å². The van der Waals surface area contributed by atoms with Crippen molar-refractivity contribution in [2.75, 3.05) is 7.05 Å². The Bertz CT molecular complexity index is 783. The first-order chi connectivity index (χ1) is 10.2. The zero-order valence-electron chi connectivity index (χ0n) is 11.5. The summed E-state index contributed by atoms with van der Waals surface area (Å²) < 4.78 is 14.2. The normalized spacial score (nSPS) is 12.5. The molecule has 1 aromatic heterocycles. The summed E-state index contributed by atoms with van der Waals surface area (Å²) in [5, 5.41) is 5.60. The maximum Gasteiger partial charge on any atom is 0.124 e. The van der Waals surface area contributed by atoms with Crippen LogP contribution in [0.3, 0.4) is 0 Å². The maximum absolute atomic E-state index is 13.3. The summed E-state index contributed by atoms with van der Waals surface area (Å²) in [7, 11) is 1.92. The lowest BCUT2D eigenvalue weighted by Crippen LogP contribution is -2.19. The van der Waals surface area contributed by atoms with Crippen molar-refractivity contribution < 1.29 is 4.39 Å². The molecule has 1 unspecified atom stereocenters. The number of hydrogen-bond donors (Lipinski definition) is 1. The molecule has 0 bridgehead atoms. The summed E-state index contributed by atoms with van der Waals surface area (Å²) in [6, 6.07) is 13.1. The van der Waals surface area contributed by atoms with E-state index in [1.165, 1.54) is 6.07 Å². The summed E-state index contributed by atoms with van der Waals surface area (Å²) >= 11 is 2.18. The Labute approximate surface area is 136 Å². The predicted octanol–water partition coefficient (Wildman–Crippen LogP) is 4.29. The van der Waals surface area contributed by atoms with Gasteiger partial charge < -0.3 is 5.32 Å². The first-order valence-electron chi connectivity index (χ1n) is 6.65. The van der Waals surface area contributed by atoms with Crippen molar-refractivity contribution in [1.82, 2.24) is 10.3 Å². The van der Waals surface area contributed by atoms with Crippen LogP contribution in [-0.2, 0) is 0 Å². The standard InChI is InChI=1S/C17H14FIN2/c1-20-17(14-6-5-12(18)9-16(14)19)13-4-2-3-11-7-8-21-10-15(11)13/h2-10,17,20H,1H3. The monoisotopic (exact) mass is 392 g/mol. The summed E-state index contributed by atoms with van der Waals surface area (Å²) in [6.07, 6.45) is 3.67. The average Bonchev–Trinajstić information content (AvgIpc) is 2.50. The molecule has 1 N–H and O–H groups in total. The molecular weight excluding hydrogens is 378 g/mol. The average molecular weight is 392 g/mol. The van der Waals surface area contributed by atoms with Gasteiger partial charge in [0.2, 0.25) is 0 Å². The highest BCUT2D eigenvalue weighted by Gasteiger charge is 2.17. The molecule has 1 atom stereocenters. The number of fused-ring (bicyclic) bond motifs is 1. The van der Waals surface area contributed by atoms with Crippen molar-refractivity contribution in [2.24, 2.45) is 0 Å². The zero-order chi connectivity index (χ0) is 14.8. The van der Waals surface area contributed by atoms with E-state index in [1.807, 2.05) is 31.4 Å². The first kappa shape index (κ1) is 14.4. The fourth-order valence-corrected chi connectivity index (χ4v) is 3.39. The molecule has 0 aliphatic rings. The fourth-order valence-electron chi connectivity index (χ4n) is 2.60. The van der Waals surface area contributed by atoms with Crippen LogP contribution in [0.5, 0.6) is 0 Å². The van der Waals surface area contributed by atoms with Gasteiger partial charge in [0.1, 0.15) is 5.82 Å². The van der Waals surface area contributed by atoms with Gasteiger partial charge in [0.15, 0.2) is 0 Å². The smallest absolute Gasteiger partial charge is 0.124 e. The molecule has 2 aromatic carbocycles. The molecule has 0 saturated heterocycles. The van der Waals surface area contributed by atoms with Gasteiger partial charge in [0, 0.05) is 21.4 Å². The van der Waals surface area contributed by atoms with Crippen molar-refractivity contribution in [2.45, 2.75) is 6.04 Å². The number of benzene rings is 2. The van der Waals surface area contributed by atoms with Crippen molar-refractivity contribution in [1.29, 1.82) is 0 Å². The Morgan fingerprint density at radius 1 is 1.14 bits per heavy atom. The van der Waals surface area contributed by atoms with Crippen LogP contribution < -0.4 is 5.32 Å². The summed E-state index contributed by atoms with van der Waals surface area (Å²) in [5.41, 5.74) is 2.21. The number of pyridine rings is 1. The van der Waals surface area contributed by atoms with E-state index in [4.69, 9.17) is 0 Å². The second kappa shape index (κ2) is 6.07. The Hall–Kier alpha value is -1.53. The number of halogens is 2. The molecule has 21 heavy (non-hydrogen) atoms. The van der Waals surface area contributed by atoms with Crippen molar-refractivity contribution in [3.8, 4) is 0 Å². The van der Waals surface area contributed by atoms with Gasteiger partial charge in [-0.3, -0.25) is 4.98 Å². The summed E-state index contributed by atoms with van der Waals surface area (Å²) in [5.74, 6) is -0.211. The predicted molar refractivity (Wildman–Crippen MR) is 91.8 cm³/mol. The van der Waals surface area contributed by atoms with Crippen LogP contribution in [0.1, 0.15) is 17.2 Å². The van der Waals surface area contributed by atoms with E-state index in [0.29, 0.717) is 0 Å². The minimum atomic E-state index is -0.211. The second-order valence-electron chi connectivity index (χ2n) is 4.83. The minimum absolute atomic E-state index is 0.00500. The van der Waals surface area contributed by atoms with E-state index in [-0.39, 0.29) is 11.9 Å². The van der Waals surface area contributed by atoms with Crippen LogP contribution in [0.25, 0.3) is 10.8 Å².